The van der Waals surface area contributed by atoms with Gasteiger partial charge in [-0.2, -0.15) is 0 Å². The number of hydrogen-bond acceptors (Lipinski definition) is 5. The van der Waals surface area contributed by atoms with Crippen molar-refractivity contribution in [1.29, 1.82) is 0 Å². The van der Waals surface area contributed by atoms with E-state index in [1.807, 2.05) is 84.9 Å². The Morgan fingerprint density at radius 3 is 1.93 bits per heavy atom. The number of fused-ring (bicyclic) bond motifs is 3. The Morgan fingerprint density at radius 1 is 0.400 bits per heavy atom. The summed E-state index contributed by atoms with van der Waals surface area (Å²) in [4.78, 5) is 20.0. The molecule has 5 aromatic carbocycles. The first-order valence-corrected chi connectivity index (χ1v) is 14.9. The van der Waals surface area contributed by atoms with Crippen LogP contribution in [0.15, 0.2) is 146 Å². The van der Waals surface area contributed by atoms with E-state index in [4.69, 9.17) is 24.7 Å². The van der Waals surface area contributed by atoms with Gasteiger partial charge in [0.15, 0.2) is 11.5 Å². The molecule has 4 heterocycles. The highest BCUT2D eigenvalue weighted by molar-refractivity contribution is 6.09. The van der Waals surface area contributed by atoms with E-state index in [0.29, 0.717) is 11.5 Å². The Morgan fingerprint density at radius 2 is 1.09 bits per heavy atom. The topological polar surface area (TPSA) is 60.8 Å². The lowest BCUT2D eigenvalue weighted by Gasteiger charge is -2.22. The SMILES string of the molecule is c1ccc(-c2cc(-c3ccc4ccc(-c5ccc6c7c(cccc57)-c5ccccc5O6)nc4n3)nc(-c3ccccc3)n2)cc1. The second-order valence-electron chi connectivity index (χ2n) is 11.1. The van der Waals surface area contributed by atoms with Crippen molar-refractivity contribution in [1.82, 2.24) is 19.9 Å². The number of nitrogens with zero attached hydrogens (tertiary/aromatic N) is 4. The van der Waals surface area contributed by atoms with Crippen molar-refractivity contribution in [3.05, 3.63) is 146 Å². The van der Waals surface area contributed by atoms with Gasteiger partial charge < -0.3 is 4.74 Å². The van der Waals surface area contributed by atoms with E-state index in [1.54, 1.807) is 0 Å². The predicted octanol–water partition coefficient (Wildman–Crippen LogP) is 10.0. The van der Waals surface area contributed by atoms with E-state index in [2.05, 4.69) is 60.7 Å². The van der Waals surface area contributed by atoms with Gasteiger partial charge in [0.1, 0.15) is 11.5 Å². The van der Waals surface area contributed by atoms with Gasteiger partial charge in [-0.1, -0.05) is 97.1 Å². The van der Waals surface area contributed by atoms with Crippen LogP contribution in [0.4, 0.5) is 0 Å². The highest BCUT2D eigenvalue weighted by atomic mass is 16.5. The van der Waals surface area contributed by atoms with Gasteiger partial charge in [0.05, 0.1) is 22.8 Å². The van der Waals surface area contributed by atoms with Crippen LogP contribution >= 0.6 is 0 Å². The van der Waals surface area contributed by atoms with Gasteiger partial charge in [0, 0.05) is 33.0 Å². The Labute approximate surface area is 259 Å². The van der Waals surface area contributed by atoms with Crippen LogP contribution < -0.4 is 4.74 Å². The van der Waals surface area contributed by atoms with E-state index in [9.17, 15) is 0 Å². The highest BCUT2D eigenvalue weighted by Gasteiger charge is 2.21. The zero-order valence-electron chi connectivity index (χ0n) is 24.1. The summed E-state index contributed by atoms with van der Waals surface area (Å²) < 4.78 is 6.31. The number of rotatable bonds is 4. The molecule has 0 atom stereocenters. The van der Waals surface area contributed by atoms with Gasteiger partial charge in [0.25, 0.3) is 0 Å². The normalized spacial score (nSPS) is 11.7. The van der Waals surface area contributed by atoms with E-state index in [-0.39, 0.29) is 0 Å². The highest BCUT2D eigenvalue weighted by Crippen LogP contribution is 2.48. The molecular weight excluding hydrogens is 552 g/mol. The van der Waals surface area contributed by atoms with Crippen LogP contribution in [-0.4, -0.2) is 19.9 Å². The maximum absolute atomic E-state index is 6.31. The third-order valence-electron chi connectivity index (χ3n) is 8.32. The zero-order chi connectivity index (χ0) is 29.7. The van der Waals surface area contributed by atoms with E-state index in [0.717, 1.165) is 72.7 Å². The van der Waals surface area contributed by atoms with E-state index in [1.165, 1.54) is 5.56 Å². The summed E-state index contributed by atoms with van der Waals surface area (Å²) in [5.74, 6) is 2.39. The van der Waals surface area contributed by atoms with Crippen molar-refractivity contribution in [3.8, 4) is 67.9 Å². The molecular formula is C40H24N4O. The molecule has 0 spiro atoms. The first kappa shape index (κ1) is 25.3. The van der Waals surface area contributed by atoms with Crippen LogP contribution in [0.5, 0.6) is 11.5 Å². The number of pyridine rings is 2. The van der Waals surface area contributed by atoms with Gasteiger partial charge in [0.2, 0.25) is 0 Å². The van der Waals surface area contributed by atoms with Crippen molar-refractivity contribution in [2.75, 3.05) is 0 Å². The summed E-state index contributed by atoms with van der Waals surface area (Å²) in [5.41, 5.74) is 9.12. The molecule has 1 aliphatic heterocycles. The third kappa shape index (κ3) is 4.33. The molecule has 45 heavy (non-hydrogen) atoms. The van der Waals surface area contributed by atoms with E-state index < -0.39 is 0 Å². The molecule has 210 valence electrons. The fourth-order valence-corrected chi connectivity index (χ4v) is 6.15. The summed E-state index contributed by atoms with van der Waals surface area (Å²) >= 11 is 0. The average molecular weight is 577 g/mol. The summed E-state index contributed by atoms with van der Waals surface area (Å²) in [7, 11) is 0. The first-order valence-electron chi connectivity index (χ1n) is 14.9. The van der Waals surface area contributed by atoms with Gasteiger partial charge >= 0.3 is 0 Å². The number of ether oxygens (including phenoxy) is 1. The first-order chi connectivity index (χ1) is 22.3. The van der Waals surface area contributed by atoms with Crippen LogP contribution in [0.1, 0.15) is 0 Å². The molecule has 0 radical (unpaired) electrons. The summed E-state index contributed by atoms with van der Waals surface area (Å²) in [6.07, 6.45) is 0. The molecule has 9 rings (SSSR count). The molecule has 0 N–H and O–H groups in total. The van der Waals surface area contributed by atoms with Crippen molar-refractivity contribution in [2.45, 2.75) is 0 Å². The van der Waals surface area contributed by atoms with Crippen molar-refractivity contribution in [3.63, 3.8) is 0 Å². The van der Waals surface area contributed by atoms with Gasteiger partial charge in [-0.05, 0) is 59.5 Å². The number of benzene rings is 5. The summed E-state index contributed by atoms with van der Waals surface area (Å²) in [6, 6.07) is 49.2. The van der Waals surface area contributed by atoms with Crippen LogP contribution in [0.3, 0.4) is 0 Å². The minimum Gasteiger partial charge on any atom is -0.456 e. The average Bonchev–Trinajstić information content (AvgIpc) is 3.12. The largest absolute Gasteiger partial charge is 0.456 e. The number of para-hydroxylation sites is 1. The van der Waals surface area contributed by atoms with E-state index >= 15 is 0 Å². The fraction of sp³-hybridized carbons (Fsp3) is 0. The Hall–Kier alpha value is -6.20. The molecule has 3 aromatic heterocycles. The number of aromatic nitrogens is 4. The molecule has 0 saturated carbocycles. The molecule has 0 amide bonds. The predicted molar refractivity (Wildman–Crippen MR) is 180 cm³/mol. The zero-order valence-corrected chi connectivity index (χ0v) is 24.1. The maximum Gasteiger partial charge on any atom is 0.160 e. The lowest BCUT2D eigenvalue weighted by atomic mass is 9.91. The number of hydrogen-bond donors (Lipinski definition) is 0. The van der Waals surface area contributed by atoms with Crippen LogP contribution in [0.2, 0.25) is 0 Å². The van der Waals surface area contributed by atoms with Crippen LogP contribution in [0.25, 0.3) is 78.2 Å². The molecule has 8 aromatic rings. The molecule has 5 nitrogen and oxygen atoms in total. The maximum atomic E-state index is 6.31. The Kier molecular flexibility index (Phi) is 5.74. The molecule has 0 bridgehead atoms. The summed E-state index contributed by atoms with van der Waals surface area (Å²) in [6.45, 7) is 0. The van der Waals surface area contributed by atoms with Crippen LogP contribution in [-0.2, 0) is 0 Å². The molecule has 0 aliphatic carbocycles. The quantitative estimate of drug-likeness (QED) is 0.209. The molecule has 0 saturated heterocycles. The van der Waals surface area contributed by atoms with Crippen molar-refractivity contribution < 1.29 is 4.74 Å². The lowest BCUT2D eigenvalue weighted by molar-refractivity contribution is 0.487. The van der Waals surface area contributed by atoms with Crippen molar-refractivity contribution in [2.24, 2.45) is 0 Å². The fourth-order valence-electron chi connectivity index (χ4n) is 6.15. The van der Waals surface area contributed by atoms with Gasteiger partial charge in [-0.25, -0.2) is 19.9 Å². The monoisotopic (exact) mass is 576 g/mol. The second-order valence-corrected chi connectivity index (χ2v) is 11.1. The summed E-state index contributed by atoms with van der Waals surface area (Å²) in [5, 5.41) is 3.15. The van der Waals surface area contributed by atoms with Gasteiger partial charge in [-0.3, -0.25) is 0 Å². The minimum absolute atomic E-state index is 0.656. The minimum atomic E-state index is 0.656. The Balaban J connectivity index is 1.18. The lowest BCUT2D eigenvalue weighted by Crippen LogP contribution is -1.99. The van der Waals surface area contributed by atoms with Crippen LogP contribution in [0, 0.1) is 0 Å². The molecule has 0 fully saturated rings. The second kappa shape index (κ2) is 10.2. The smallest absolute Gasteiger partial charge is 0.160 e. The van der Waals surface area contributed by atoms with Crippen molar-refractivity contribution >= 4 is 21.8 Å². The Bertz CT molecular complexity index is 2350. The van der Waals surface area contributed by atoms with Gasteiger partial charge in [-0.15, -0.1) is 0 Å². The third-order valence-corrected chi connectivity index (χ3v) is 8.32. The molecule has 1 aliphatic rings. The molecule has 5 heteroatoms. The molecule has 0 unspecified atom stereocenters. The standard InChI is InChI=1S/C40H24N4O/c1-3-10-25(11-4-1)34-24-35(44-39(43-34)26-12-5-2-6-13-26)33-22-19-27-18-21-32(41-40(27)42-33)28-20-23-37-38-30(28)15-9-16-31(38)29-14-7-8-17-36(29)45-37/h1-24H.